The minimum absolute atomic E-state index is 0.0775. The molecule has 5 heteroatoms. The van der Waals surface area contributed by atoms with Gasteiger partial charge in [0, 0.05) is 12.1 Å². The highest BCUT2D eigenvalue weighted by Crippen LogP contribution is 2.27. The van der Waals surface area contributed by atoms with Gasteiger partial charge in [-0.3, -0.25) is 4.99 Å². The Bertz CT molecular complexity index is 538. The zero-order valence-corrected chi connectivity index (χ0v) is 12.4. The maximum atomic E-state index is 13.8. The van der Waals surface area contributed by atoms with Gasteiger partial charge in [-0.25, -0.2) is 8.78 Å². The van der Waals surface area contributed by atoms with Crippen molar-refractivity contribution in [3.63, 3.8) is 0 Å². The van der Waals surface area contributed by atoms with Crippen LogP contribution in [0.4, 0.5) is 8.78 Å². The predicted octanol–water partition coefficient (Wildman–Crippen LogP) is 3.09. The number of aliphatic imine (C=N–C) groups is 1. The molecule has 114 valence electrons. The van der Waals surface area contributed by atoms with Gasteiger partial charge in [0.15, 0.2) is 5.96 Å². The van der Waals surface area contributed by atoms with E-state index in [-0.39, 0.29) is 5.56 Å². The van der Waals surface area contributed by atoms with Gasteiger partial charge < -0.3 is 10.2 Å². The van der Waals surface area contributed by atoms with E-state index in [4.69, 9.17) is 0 Å². The Morgan fingerprint density at radius 1 is 1.29 bits per heavy atom. The average Bonchev–Trinajstić information content (AvgIpc) is 2.81. The van der Waals surface area contributed by atoms with Crippen LogP contribution in [0.5, 0.6) is 0 Å². The van der Waals surface area contributed by atoms with E-state index >= 15 is 0 Å². The molecule has 3 atom stereocenters. The summed E-state index contributed by atoms with van der Waals surface area (Å²) in [4.78, 5) is 6.78. The SMILES string of the molecule is CC1CCC2CN=C(NC(C)c3c(F)cccc3F)N2C1. The molecule has 1 N–H and O–H groups in total. The molecular formula is C16H21F2N3. The second kappa shape index (κ2) is 5.62. The fraction of sp³-hybridized carbons (Fsp3) is 0.562. The van der Waals surface area contributed by atoms with E-state index in [0.717, 1.165) is 25.5 Å². The molecule has 2 heterocycles. The van der Waals surface area contributed by atoms with E-state index in [0.29, 0.717) is 12.0 Å². The number of hydrogen-bond donors (Lipinski definition) is 1. The first kappa shape index (κ1) is 14.3. The van der Waals surface area contributed by atoms with Crippen LogP contribution in [0.15, 0.2) is 23.2 Å². The van der Waals surface area contributed by atoms with Gasteiger partial charge in [-0.15, -0.1) is 0 Å². The lowest BCUT2D eigenvalue weighted by Crippen LogP contribution is -2.48. The molecule has 1 saturated heterocycles. The van der Waals surface area contributed by atoms with Gasteiger partial charge in [0.2, 0.25) is 0 Å². The van der Waals surface area contributed by atoms with Crippen LogP contribution in [0.25, 0.3) is 0 Å². The van der Waals surface area contributed by atoms with Crippen molar-refractivity contribution in [1.29, 1.82) is 0 Å². The number of fused-ring (bicyclic) bond motifs is 1. The Kier molecular flexibility index (Phi) is 3.83. The molecule has 2 aliphatic rings. The topological polar surface area (TPSA) is 27.6 Å². The lowest BCUT2D eigenvalue weighted by molar-refractivity contribution is 0.209. The summed E-state index contributed by atoms with van der Waals surface area (Å²) in [5, 5.41) is 3.19. The van der Waals surface area contributed by atoms with E-state index in [1.54, 1.807) is 6.92 Å². The van der Waals surface area contributed by atoms with Crippen LogP contribution in [0.2, 0.25) is 0 Å². The molecule has 0 saturated carbocycles. The number of nitrogens with one attached hydrogen (secondary N) is 1. The van der Waals surface area contributed by atoms with Crippen molar-refractivity contribution in [2.75, 3.05) is 13.1 Å². The largest absolute Gasteiger partial charge is 0.349 e. The highest BCUT2D eigenvalue weighted by atomic mass is 19.1. The number of guanidine groups is 1. The molecule has 3 unspecified atom stereocenters. The van der Waals surface area contributed by atoms with Gasteiger partial charge in [-0.2, -0.15) is 0 Å². The summed E-state index contributed by atoms with van der Waals surface area (Å²) in [5.74, 6) is 0.378. The molecule has 0 radical (unpaired) electrons. The van der Waals surface area contributed by atoms with Crippen molar-refractivity contribution in [2.24, 2.45) is 10.9 Å². The van der Waals surface area contributed by atoms with Crippen LogP contribution in [0.1, 0.15) is 38.3 Å². The summed E-state index contributed by atoms with van der Waals surface area (Å²) in [6.45, 7) is 5.74. The summed E-state index contributed by atoms with van der Waals surface area (Å²) < 4.78 is 27.7. The first-order valence-corrected chi connectivity index (χ1v) is 7.57. The molecule has 1 aromatic carbocycles. The van der Waals surface area contributed by atoms with Gasteiger partial charge in [-0.05, 0) is 37.8 Å². The highest BCUT2D eigenvalue weighted by molar-refractivity contribution is 5.82. The van der Waals surface area contributed by atoms with E-state index in [9.17, 15) is 8.78 Å². The number of hydrogen-bond acceptors (Lipinski definition) is 3. The molecule has 0 bridgehead atoms. The van der Waals surface area contributed by atoms with Crippen LogP contribution in [-0.4, -0.2) is 30.0 Å². The van der Waals surface area contributed by atoms with Gasteiger partial charge >= 0.3 is 0 Å². The van der Waals surface area contributed by atoms with Gasteiger partial charge in [0.05, 0.1) is 18.6 Å². The maximum absolute atomic E-state index is 13.8. The zero-order valence-electron chi connectivity index (χ0n) is 12.4. The maximum Gasteiger partial charge on any atom is 0.194 e. The summed E-state index contributed by atoms with van der Waals surface area (Å²) >= 11 is 0. The van der Waals surface area contributed by atoms with Crippen molar-refractivity contribution >= 4 is 5.96 Å². The Morgan fingerprint density at radius 2 is 2.00 bits per heavy atom. The van der Waals surface area contributed by atoms with E-state index in [1.165, 1.54) is 24.6 Å². The average molecular weight is 293 g/mol. The Balaban J connectivity index is 1.74. The van der Waals surface area contributed by atoms with Crippen molar-refractivity contribution < 1.29 is 8.78 Å². The van der Waals surface area contributed by atoms with E-state index in [2.05, 4.69) is 22.1 Å². The van der Waals surface area contributed by atoms with Crippen LogP contribution in [0.3, 0.4) is 0 Å². The van der Waals surface area contributed by atoms with Crippen molar-refractivity contribution in [1.82, 2.24) is 10.2 Å². The summed E-state index contributed by atoms with van der Waals surface area (Å²) in [5.41, 5.74) is 0.0775. The number of rotatable bonds is 2. The lowest BCUT2D eigenvalue weighted by Gasteiger charge is -2.36. The molecule has 0 aliphatic carbocycles. The van der Waals surface area contributed by atoms with E-state index in [1.807, 2.05) is 0 Å². The smallest absolute Gasteiger partial charge is 0.194 e. The molecule has 0 amide bonds. The molecule has 21 heavy (non-hydrogen) atoms. The fourth-order valence-corrected chi connectivity index (χ4v) is 3.26. The Hall–Kier alpha value is -1.65. The highest BCUT2D eigenvalue weighted by Gasteiger charge is 2.33. The van der Waals surface area contributed by atoms with E-state index < -0.39 is 17.7 Å². The number of nitrogens with zero attached hydrogens (tertiary/aromatic N) is 2. The molecule has 1 fully saturated rings. The van der Waals surface area contributed by atoms with Crippen molar-refractivity contribution in [3.8, 4) is 0 Å². The Labute approximate surface area is 124 Å². The predicted molar refractivity (Wildman–Crippen MR) is 79.1 cm³/mol. The van der Waals surface area contributed by atoms with Gasteiger partial charge in [-0.1, -0.05) is 13.0 Å². The monoisotopic (exact) mass is 293 g/mol. The molecule has 1 aromatic rings. The van der Waals surface area contributed by atoms with Gasteiger partial charge in [0.1, 0.15) is 11.6 Å². The third kappa shape index (κ3) is 2.74. The van der Waals surface area contributed by atoms with Crippen LogP contribution in [-0.2, 0) is 0 Å². The van der Waals surface area contributed by atoms with Crippen molar-refractivity contribution in [3.05, 3.63) is 35.4 Å². The normalized spacial score (nSPS) is 26.3. The summed E-state index contributed by atoms with van der Waals surface area (Å²) in [6, 6.07) is 3.97. The Morgan fingerprint density at radius 3 is 2.71 bits per heavy atom. The third-order valence-corrected chi connectivity index (χ3v) is 4.44. The van der Waals surface area contributed by atoms with Crippen molar-refractivity contribution in [2.45, 2.75) is 38.8 Å². The summed E-state index contributed by atoms with van der Waals surface area (Å²) in [6.07, 6.45) is 2.36. The molecule has 2 aliphatic heterocycles. The second-order valence-electron chi connectivity index (χ2n) is 6.15. The first-order valence-electron chi connectivity index (χ1n) is 7.57. The first-order chi connectivity index (χ1) is 10.1. The standard InChI is InChI=1S/C16H21F2N3/c1-10-6-7-12-8-19-16(21(12)9-10)20-11(2)15-13(17)4-3-5-14(15)18/h3-5,10-12H,6-9H2,1-2H3,(H,19,20). The lowest BCUT2D eigenvalue weighted by atomic mass is 9.95. The molecule has 0 spiro atoms. The minimum atomic E-state index is -0.517. The number of halogens is 2. The molecule has 3 rings (SSSR count). The second-order valence-corrected chi connectivity index (χ2v) is 6.15. The third-order valence-electron chi connectivity index (χ3n) is 4.44. The minimum Gasteiger partial charge on any atom is -0.349 e. The van der Waals surface area contributed by atoms with Crippen LogP contribution < -0.4 is 5.32 Å². The molecule has 3 nitrogen and oxygen atoms in total. The number of piperidine rings is 1. The van der Waals surface area contributed by atoms with Crippen LogP contribution in [0, 0.1) is 17.6 Å². The molecule has 0 aromatic heterocycles. The van der Waals surface area contributed by atoms with Gasteiger partial charge in [0.25, 0.3) is 0 Å². The summed E-state index contributed by atoms with van der Waals surface area (Å²) in [7, 11) is 0. The molecular weight excluding hydrogens is 272 g/mol. The van der Waals surface area contributed by atoms with Crippen LogP contribution >= 0.6 is 0 Å². The fourth-order valence-electron chi connectivity index (χ4n) is 3.26. The quantitative estimate of drug-likeness (QED) is 0.907. The zero-order chi connectivity index (χ0) is 15.0. The number of benzene rings is 1.